The zero-order valence-corrected chi connectivity index (χ0v) is 18.8. The van der Waals surface area contributed by atoms with Crippen LogP contribution >= 0.6 is 0 Å². The molecular formula is C25H29NO6. The summed E-state index contributed by atoms with van der Waals surface area (Å²) < 4.78 is 16.1. The third-order valence-corrected chi connectivity index (χ3v) is 5.20. The summed E-state index contributed by atoms with van der Waals surface area (Å²) in [5.74, 6) is -0.0629. The fourth-order valence-electron chi connectivity index (χ4n) is 3.58. The molecule has 0 spiro atoms. The third-order valence-electron chi connectivity index (χ3n) is 5.20. The van der Waals surface area contributed by atoms with Crippen LogP contribution in [0.3, 0.4) is 0 Å². The molecule has 7 nitrogen and oxygen atoms in total. The number of carbonyl (C=O) groups is 2. The van der Waals surface area contributed by atoms with Crippen molar-refractivity contribution >= 4 is 17.4 Å². The molecule has 0 aromatic heterocycles. The fraction of sp³-hybridized carbons (Fsp3) is 0.360. The molecule has 1 heterocycles. The average molecular weight is 440 g/mol. The number of methoxy groups -OCH3 is 2. The second-order valence-corrected chi connectivity index (χ2v) is 7.99. The highest BCUT2D eigenvalue weighted by atomic mass is 16.5. The minimum absolute atomic E-state index is 0.0391. The molecular weight excluding hydrogens is 410 g/mol. The number of rotatable bonds is 9. The van der Waals surface area contributed by atoms with Gasteiger partial charge in [0.1, 0.15) is 17.3 Å². The highest BCUT2D eigenvalue weighted by Crippen LogP contribution is 2.40. The van der Waals surface area contributed by atoms with Gasteiger partial charge in [-0.05, 0) is 35.7 Å². The maximum Gasteiger partial charge on any atom is 0.295 e. The van der Waals surface area contributed by atoms with Gasteiger partial charge in [0.15, 0.2) is 0 Å². The highest BCUT2D eigenvalue weighted by molar-refractivity contribution is 6.46. The molecule has 1 aliphatic rings. The van der Waals surface area contributed by atoms with Crippen molar-refractivity contribution in [3.05, 3.63) is 65.2 Å². The van der Waals surface area contributed by atoms with Crippen molar-refractivity contribution < 1.29 is 28.9 Å². The number of Topliss-reactive ketones (excluding diaryl/α,β-unsaturated/α-hetero) is 1. The predicted octanol–water partition coefficient (Wildman–Crippen LogP) is 3.80. The van der Waals surface area contributed by atoms with Gasteiger partial charge in [0.05, 0.1) is 31.9 Å². The van der Waals surface area contributed by atoms with Gasteiger partial charge in [0.2, 0.25) is 0 Å². The van der Waals surface area contributed by atoms with Gasteiger partial charge in [-0.2, -0.15) is 0 Å². The molecule has 1 unspecified atom stereocenters. The van der Waals surface area contributed by atoms with Crippen molar-refractivity contribution in [1.29, 1.82) is 0 Å². The number of benzene rings is 2. The Kier molecular flexibility index (Phi) is 7.53. The van der Waals surface area contributed by atoms with E-state index in [-0.39, 0.29) is 24.5 Å². The Morgan fingerprint density at radius 3 is 2.41 bits per heavy atom. The molecule has 0 bridgehead atoms. The minimum Gasteiger partial charge on any atom is -0.507 e. The Labute approximate surface area is 188 Å². The molecule has 1 aliphatic heterocycles. The number of likely N-dealkylation sites (tertiary alicyclic amines) is 1. The first-order valence-corrected chi connectivity index (χ1v) is 10.5. The number of hydrogen-bond acceptors (Lipinski definition) is 6. The van der Waals surface area contributed by atoms with Crippen LogP contribution in [0.15, 0.2) is 54.1 Å². The lowest BCUT2D eigenvalue weighted by Gasteiger charge is -2.25. The van der Waals surface area contributed by atoms with Gasteiger partial charge in [-0.1, -0.05) is 38.1 Å². The summed E-state index contributed by atoms with van der Waals surface area (Å²) in [6.07, 6.45) is 0. The van der Waals surface area contributed by atoms with Gasteiger partial charge >= 0.3 is 0 Å². The van der Waals surface area contributed by atoms with Gasteiger partial charge in [0.25, 0.3) is 11.7 Å². The topological polar surface area (TPSA) is 85.3 Å². The number of carbonyl (C=O) groups excluding carboxylic acids is 2. The number of ketones is 1. The monoisotopic (exact) mass is 439 g/mol. The average Bonchev–Trinajstić information content (AvgIpc) is 3.06. The van der Waals surface area contributed by atoms with Gasteiger partial charge in [0, 0.05) is 19.2 Å². The van der Waals surface area contributed by atoms with E-state index in [4.69, 9.17) is 14.2 Å². The number of amides is 1. The second-order valence-electron chi connectivity index (χ2n) is 7.99. The number of aliphatic hydroxyl groups excluding tert-OH is 1. The van der Waals surface area contributed by atoms with Crippen LogP contribution in [0, 0.1) is 5.92 Å². The van der Waals surface area contributed by atoms with E-state index in [2.05, 4.69) is 0 Å². The summed E-state index contributed by atoms with van der Waals surface area (Å²) in [5.41, 5.74) is 1.14. The number of nitrogens with zero attached hydrogens (tertiary/aromatic N) is 1. The molecule has 0 saturated carbocycles. The predicted molar refractivity (Wildman–Crippen MR) is 121 cm³/mol. The first-order chi connectivity index (χ1) is 15.4. The molecule has 0 aliphatic carbocycles. The Morgan fingerprint density at radius 2 is 1.78 bits per heavy atom. The summed E-state index contributed by atoms with van der Waals surface area (Å²) in [7, 11) is 3.09. The smallest absolute Gasteiger partial charge is 0.295 e. The molecule has 32 heavy (non-hydrogen) atoms. The van der Waals surface area contributed by atoms with E-state index >= 15 is 0 Å². The Morgan fingerprint density at radius 1 is 1.06 bits per heavy atom. The zero-order valence-electron chi connectivity index (χ0n) is 18.8. The number of ether oxygens (including phenoxy) is 3. The van der Waals surface area contributed by atoms with Gasteiger partial charge in [-0.25, -0.2) is 0 Å². The van der Waals surface area contributed by atoms with Crippen LogP contribution in [0.4, 0.5) is 0 Å². The van der Waals surface area contributed by atoms with Crippen LogP contribution in [-0.2, 0) is 14.3 Å². The van der Waals surface area contributed by atoms with Crippen LogP contribution in [0.25, 0.3) is 5.76 Å². The van der Waals surface area contributed by atoms with Gasteiger partial charge < -0.3 is 24.2 Å². The molecule has 170 valence electrons. The summed E-state index contributed by atoms with van der Waals surface area (Å²) in [6.45, 7) is 5.09. The van der Waals surface area contributed by atoms with E-state index in [1.807, 2.05) is 13.8 Å². The molecule has 1 saturated heterocycles. The summed E-state index contributed by atoms with van der Waals surface area (Å²) in [4.78, 5) is 27.3. The molecule has 0 radical (unpaired) electrons. The number of aliphatic hydroxyl groups is 1. The van der Waals surface area contributed by atoms with Crippen molar-refractivity contribution in [1.82, 2.24) is 4.90 Å². The second kappa shape index (κ2) is 10.3. The molecule has 2 aromatic carbocycles. The lowest BCUT2D eigenvalue weighted by atomic mass is 9.95. The van der Waals surface area contributed by atoms with E-state index < -0.39 is 17.7 Å². The van der Waals surface area contributed by atoms with Crippen molar-refractivity contribution in [2.75, 3.05) is 34.0 Å². The molecule has 1 N–H and O–H groups in total. The van der Waals surface area contributed by atoms with Crippen molar-refractivity contribution in [3.63, 3.8) is 0 Å². The molecule has 7 heteroatoms. The third kappa shape index (κ3) is 4.94. The highest BCUT2D eigenvalue weighted by Gasteiger charge is 2.45. The zero-order chi connectivity index (χ0) is 23.3. The molecule has 1 atom stereocenters. The first kappa shape index (κ1) is 23.3. The fourth-order valence-corrected chi connectivity index (χ4v) is 3.58. The number of hydrogen-bond donors (Lipinski definition) is 1. The van der Waals surface area contributed by atoms with Crippen LogP contribution in [0.1, 0.15) is 31.0 Å². The van der Waals surface area contributed by atoms with E-state index in [1.54, 1.807) is 55.6 Å². The standard InChI is InChI=1S/C25H29NO6/c1-16(2)15-32-20-7-5-6-18(14-20)23(27)21-22(17-8-10-19(31-4)11-9-17)26(12-13-30-3)25(29)24(21)28/h5-11,14,16,22,27H,12-13,15H2,1-4H3/b23-21-. The molecule has 1 fully saturated rings. The molecule has 1 amide bonds. The summed E-state index contributed by atoms with van der Waals surface area (Å²) in [5, 5.41) is 11.2. The van der Waals surface area contributed by atoms with E-state index in [0.717, 1.165) is 0 Å². The first-order valence-electron chi connectivity index (χ1n) is 10.5. The van der Waals surface area contributed by atoms with Crippen LogP contribution in [0.2, 0.25) is 0 Å². The van der Waals surface area contributed by atoms with Crippen LogP contribution < -0.4 is 9.47 Å². The Balaban J connectivity index is 2.07. The molecule has 2 aromatic rings. The lowest BCUT2D eigenvalue weighted by Crippen LogP contribution is -2.32. The van der Waals surface area contributed by atoms with Gasteiger partial charge in [-0.15, -0.1) is 0 Å². The molecule has 3 rings (SSSR count). The van der Waals surface area contributed by atoms with E-state index in [0.29, 0.717) is 35.2 Å². The van der Waals surface area contributed by atoms with E-state index in [9.17, 15) is 14.7 Å². The SMILES string of the molecule is COCCN1C(=O)C(=O)/C(=C(\O)c2cccc(OCC(C)C)c2)C1c1ccc(OC)cc1. The maximum atomic E-state index is 13.0. The van der Waals surface area contributed by atoms with Crippen molar-refractivity contribution in [2.24, 2.45) is 5.92 Å². The summed E-state index contributed by atoms with van der Waals surface area (Å²) in [6, 6.07) is 13.2. The quantitative estimate of drug-likeness (QED) is 0.363. The van der Waals surface area contributed by atoms with Crippen molar-refractivity contribution in [2.45, 2.75) is 19.9 Å². The lowest BCUT2D eigenvalue weighted by molar-refractivity contribution is -0.140. The largest absolute Gasteiger partial charge is 0.507 e. The van der Waals surface area contributed by atoms with Gasteiger partial charge in [-0.3, -0.25) is 9.59 Å². The normalized spacial score (nSPS) is 17.8. The Bertz CT molecular complexity index is 996. The van der Waals surface area contributed by atoms with Crippen LogP contribution in [0.5, 0.6) is 11.5 Å². The Hall–Kier alpha value is -3.32. The van der Waals surface area contributed by atoms with E-state index in [1.165, 1.54) is 12.0 Å². The summed E-state index contributed by atoms with van der Waals surface area (Å²) >= 11 is 0. The van der Waals surface area contributed by atoms with Crippen molar-refractivity contribution in [3.8, 4) is 11.5 Å². The van der Waals surface area contributed by atoms with Crippen LogP contribution in [-0.4, -0.2) is 55.7 Å². The maximum absolute atomic E-state index is 13.0. The minimum atomic E-state index is -0.740.